The van der Waals surface area contributed by atoms with E-state index in [1.54, 1.807) is 0 Å². The van der Waals surface area contributed by atoms with Gasteiger partial charge in [0.2, 0.25) is 24.4 Å². The monoisotopic (exact) mass is 1060 g/mol. The van der Waals surface area contributed by atoms with Crippen LogP contribution in [0.1, 0.15) is 22.5 Å². The van der Waals surface area contributed by atoms with E-state index in [1.807, 2.05) is 24.3 Å². The van der Waals surface area contributed by atoms with E-state index in [1.165, 1.54) is 0 Å². The molecule has 1 aliphatic rings. The van der Waals surface area contributed by atoms with Crippen LogP contribution in [0, 0.1) is 0 Å². The number of halogens is 2. The summed E-state index contributed by atoms with van der Waals surface area (Å²) >= 11 is 0. The molecule has 6 heterocycles. The Kier molecular flexibility index (Phi) is 11.5. The summed E-state index contributed by atoms with van der Waals surface area (Å²) in [5, 5.41) is 6.28. The van der Waals surface area contributed by atoms with Gasteiger partial charge in [0.1, 0.15) is 37.7 Å². The number of pyridine rings is 3. The first-order valence-electron chi connectivity index (χ1n) is 23.7. The van der Waals surface area contributed by atoms with Crippen LogP contribution in [-0.4, -0.2) is 24.1 Å². The highest BCUT2D eigenvalue weighted by Gasteiger charge is 2.26. The summed E-state index contributed by atoms with van der Waals surface area (Å²) in [4.78, 5) is 15.9. The quantitative estimate of drug-likeness (QED) is 0.158. The second-order valence-corrected chi connectivity index (χ2v) is 18.2. The van der Waals surface area contributed by atoms with Crippen LogP contribution in [-0.2, 0) is 26.2 Å². The number of para-hydroxylation sites is 6. The summed E-state index contributed by atoms with van der Waals surface area (Å²) in [6, 6.07) is 69.8. The Labute approximate surface area is 435 Å². The Morgan fingerprint density at radius 2 is 0.806 bits per heavy atom. The molecule has 11 heteroatoms. The van der Waals surface area contributed by atoms with Gasteiger partial charge in [-0.25, -0.2) is 33.2 Å². The van der Waals surface area contributed by atoms with Crippen molar-refractivity contribution in [1.82, 2.24) is 24.1 Å². The average molecular weight is 1070 g/mol. The minimum absolute atomic E-state index is 0. The van der Waals surface area contributed by atoms with Crippen LogP contribution < -0.4 is 52.6 Å². The summed E-state index contributed by atoms with van der Waals surface area (Å²) < 4.78 is 23.9. The molecule has 0 N–H and O–H groups in total. The predicted molar refractivity (Wildman–Crippen MR) is 275 cm³/mol. The van der Waals surface area contributed by atoms with Crippen LogP contribution in [0.5, 0.6) is 23.3 Å². The zero-order valence-corrected chi connectivity index (χ0v) is 41.9. The normalized spacial score (nSPS) is 12.5. The van der Waals surface area contributed by atoms with Gasteiger partial charge in [0.05, 0.1) is 33.5 Å². The van der Waals surface area contributed by atoms with Crippen molar-refractivity contribution >= 4 is 65.4 Å². The molecule has 348 valence electrons. The van der Waals surface area contributed by atoms with Crippen LogP contribution in [0.15, 0.2) is 213 Å². The second-order valence-electron chi connectivity index (χ2n) is 18.2. The lowest BCUT2D eigenvalue weighted by Gasteiger charge is -2.20. The smallest absolute Gasteiger partial charge is 0.245 e. The van der Waals surface area contributed by atoms with E-state index in [2.05, 4.69) is 207 Å². The third-order valence-electron chi connectivity index (χ3n) is 13.7. The van der Waals surface area contributed by atoms with Crippen molar-refractivity contribution < 1.29 is 52.6 Å². The highest BCUT2D eigenvalue weighted by Crippen LogP contribution is 2.48. The van der Waals surface area contributed by atoms with Gasteiger partial charge in [0.15, 0.2) is 22.1 Å². The Morgan fingerprint density at radius 3 is 1.29 bits per heavy atom. The Hall–Kier alpha value is -8.25. The topological polar surface area (TPSA) is 74.8 Å². The van der Waals surface area contributed by atoms with Crippen LogP contribution in [0.3, 0.4) is 0 Å². The Bertz CT molecular complexity index is 3980. The Morgan fingerprint density at radius 1 is 0.389 bits per heavy atom. The fourth-order valence-electron chi connectivity index (χ4n) is 10.5. The molecule has 72 heavy (non-hydrogen) atoms. The molecule has 9 nitrogen and oxygen atoms in total. The Balaban J connectivity index is 0.00000265. The lowest BCUT2D eigenvalue weighted by molar-refractivity contribution is -0.665. The van der Waals surface area contributed by atoms with E-state index in [9.17, 15) is 0 Å². The van der Waals surface area contributed by atoms with E-state index in [-0.39, 0.29) is 34.0 Å². The molecule has 1 aliphatic heterocycles. The van der Waals surface area contributed by atoms with Crippen molar-refractivity contribution in [3.05, 3.63) is 235 Å². The van der Waals surface area contributed by atoms with E-state index in [0.29, 0.717) is 49.4 Å². The molecule has 14 rings (SSSR count). The summed E-state index contributed by atoms with van der Waals surface area (Å²) in [6.45, 7) is 2.21. The van der Waals surface area contributed by atoms with Crippen LogP contribution in [0.2, 0.25) is 0 Å². The highest BCUT2D eigenvalue weighted by atomic mass is 79.9. The van der Waals surface area contributed by atoms with Gasteiger partial charge >= 0.3 is 0 Å². The molecule has 0 radical (unpaired) electrons. The third kappa shape index (κ3) is 7.91. The SMILES string of the molecule is [Br-].[Br-].c1cc2nc(c1)C[n+]1cn(c3ccccc31)Cc1cc3ccccc3nc1Oc1ccc3ccccc3c1-c1c(ccc3ccccc13)Oc1nc3ccccc3cc1Cn1c[n+](c3ccccc31)C2. The summed E-state index contributed by atoms with van der Waals surface area (Å²) in [6.07, 6.45) is 4.40. The van der Waals surface area contributed by atoms with Crippen LogP contribution in [0.4, 0.5) is 0 Å². The second kappa shape index (κ2) is 18.5. The number of nitrogens with zero attached hydrogens (tertiary/aromatic N) is 7. The molecule has 8 aromatic carbocycles. The van der Waals surface area contributed by atoms with Crippen molar-refractivity contribution in [2.75, 3.05) is 0 Å². The first-order valence-corrected chi connectivity index (χ1v) is 23.7. The molecule has 0 fully saturated rings. The molecular formula is C61H43Br2N7O2. The standard InChI is InChI=1S/C61H43N7O2.2BrH/c1-5-20-48-40(14-1)28-30-56-58(48)59-49-21-6-2-15-41(49)29-31-57(59)70-61-45(33-43-17-4-8-23-51(43)64-61)35-66-39-68(55-27-12-10-25-53(55)66)37-47-19-13-18-46(62-47)36-67-38-65(52-24-9-11-26-54(52)67)34-44-32-42-16-3-7-22-50(42)63-60(44)69-56;;/h1-33,38-39H,34-37H2;2*1H/q+2;;/p-2. The van der Waals surface area contributed by atoms with Crippen molar-refractivity contribution in [2.45, 2.75) is 26.2 Å². The lowest BCUT2D eigenvalue weighted by atomic mass is 9.92. The summed E-state index contributed by atoms with van der Waals surface area (Å²) in [7, 11) is 0. The fourth-order valence-corrected chi connectivity index (χ4v) is 10.5. The summed E-state index contributed by atoms with van der Waals surface area (Å²) in [5.74, 6) is 2.39. The molecule has 0 spiro atoms. The number of fused-ring (bicyclic) bond motifs is 23. The number of hydrogen-bond donors (Lipinski definition) is 0. The van der Waals surface area contributed by atoms with Gasteiger partial charge in [-0.3, -0.25) is 0 Å². The molecule has 0 saturated heterocycles. The number of benzene rings is 8. The first kappa shape index (κ1) is 44.9. The van der Waals surface area contributed by atoms with Gasteiger partial charge < -0.3 is 43.4 Å². The molecule has 0 aliphatic carbocycles. The van der Waals surface area contributed by atoms with Crippen LogP contribution in [0.25, 0.3) is 76.5 Å². The highest BCUT2D eigenvalue weighted by molar-refractivity contribution is 6.10. The van der Waals surface area contributed by atoms with E-state index in [4.69, 9.17) is 24.4 Å². The third-order valence-corrected chi connectivity index (χ3v) is 13.7. The largest absolute Gasteiger partial charge is 1.00 e. The molecule has 0 saturated carbocycles. The van der Waals surface area contributed by atoms with E-state index in [0.717, 1.165) is 99.1 Å². The van der Waals surface area contributed by atoms with E-state index >= 15 is 0 Å². The number of imidazole rings is 2. The maximum atomic E-state index is 7.35. The fraction of sp³-hybridized carbons (Fsp3) is 0.0656. The van der Waals surface area contributed by atoms with Crippen molar-refractivity contribution in [1.29, 1.82) is 0 Å². The summed E-state index contributed by atoms with van der Waals surface area (Å²) in [5.41, 5.74) is 11.8. The zero-order chi connectivity index (χ0) is 46.1. The average Bonchev–Trinajstić information content (AvgIpc) is 3.92. The van der Waals surface area contributed by atoms with Gasteiger partial charge in [-0.05, 0) is 94.3 Å². The van der Waals surface area contributed by atoms with E-state index < -0.39 is 0 Å². The minimum atomic E-state index is 0. The van der Waals surface area contributed by atoms with Gasteiger partial charge in [-0.2, -0.15) is 0 Å². The maximum absolute atomic E-state index is 7.35. The number of rotatable bonds is 0. The van der Waals surface area contributed by atoms with Crippen molar-refractivity contribution in [3.63, 3.8) is 0 Å². The van der Waals surface area contributed by atoms with Gasteiger partial charge in [0.25, 0.3) is 0 Å². The molecule has 5 aromatic heterocycles. The van der Waals surface area contributed by atoms with Gasteiger partial charge in [-0.1, -0.05) is 127 Å². The lowest BCUT2D eigenvalue weighted by Crippen LogP contribution is -3.00. The van der Waals surface area contributed by atoms with Gasteiger partial charge in [-0.15, -0.1) is 0 Å². The minimum Gasteiger partial charge on any atom is -1.00 e. The molecular weight excluding hydrogens is 1020 g/mol. The molecule has 13 aromatic rings. The molecule has 0 atom stereocenters. The number of aromatic nitrogens is 7. The van der Waals surface area contributed by atoms with Crippen LogP contribution >= 0.6 is 0 Å². The molecule has 6 bridgehead atoms. The number of ether oxygens (including phenoxy) is 2. The zero-order valence-electron chi connectivity index (χ0n) is 38.7. The van der Waals surface area contributed by atoms with Gasteiger partial charge in [0, 0.05) is 21.9 Å². The van der Waals surface area contributed by atoms with Crippen molar-refractivity contribution in [3.8, 4) is 34.4 Å². The maximum Gasteiger partial charge on any atom is 0.245 e. The molecule has 0 amide bonds. The first-order chi connectivity index (χ1) is 34.6. The predicted octanol–water partition coefficient (Wildman–Crippen LogP) is 6.74. The number of hydrogen-bond acceptors (Lipinski definition) is 5. The molecule has 0 unspecified atom stereocenters. The van der Waals surface area contributed by atoms with Crippen molar-refractivity contribution in [2.24, 2.45) is 0 Å².